The zero-order valence-corrected chi connectivity index (χ0v) is 13.1. The van der Waals surface area contributed by atoms with Gasteiger partial charge in [0.1, 0.15) is 5.82 Å². The van der Waals surface area contributed by atoms with Gasteiger partial charge in [-0.1, -0.05) is 34.1 Å². The number of benzene rings is 2. The van der Waals surface area contributed by atoms with Crippen molar-refractivity contribution in [2.75, 3.05) is 0 Å². The number of aromatic nitrogens is 2. The lowest BCUT2D eigenvalue weighted by Gasteiger charge is -2.05. The summed E-state index contributed by atoms with van der Waals surface area (Å²) in [6.07, 6.45) is 0. The van der Waals surface area contributed by atoms with Crippen LogP contribution in [0.15, 0.2) is 40.9 Å². The lowest BCUT2D eigenvalue weighted by molar-refractivity contribution is 0.956. The third-order valence-corrected chi connectivity index (χ3v) is 4.47. The molecule has 2 N–H and O–H groups in total. The van der Waals surface area contributed by atoms with E-state index in [0.717, 1.165) is 32.5 Å². The van der Waals surface area contributed by atoms with E-state index >= 15 is 0 Å². The fourth-order valence-electron chi connectivity index (χ4n) is 2.35. The van der Waals surface area contributed by atoms with E-state index < -0.39 is 0 Å². The van der Waals surface area contributed by atoms with E-state index in [9.17, 15) is 0 Å². The van der Waals surface area contributed by atoms with Crippen LogP contribution in [-0.4, -0.2) is 9.55 Å². The third-order valence-electron chi connectivity index (χ3n) is 3.61. The van der Waals surface area contributed by atoms with Gasteiger partial charge in [-0.2, -0.15) is 0 Å². The second-order valence-corrected chi connectivity index (χ2v) is 5.84. The number of rotatable bonds is 2. The predicted molar refractivity (Wildman–Crippen MR) is 86.5 cm³/mol. The number of aryl methyl sites for hydroxylation is 2. The van der Waals surface area contributed by atoms with Crippen molar-refractivity contribution in [2.45, 2.75) is 13.5 Å². The van der Waals surface area contributed by atoms with Gasteiger partial charge in [0.05, 0.1) is 11.0 Å². The van der Waals surface area contributed by atoms with Crippen LogP contribution < -0.4 is 5.73 Å². The Morgan fingerprint density at radius 3 is 2.70 bits per heavy atom. The van der Waals surface area contributed by atoms with Gasteiger partial charge in [0.2, 0.25) is 0 Å². The van der Waals surface area contributed by atoms with E-state index in [-0.39, 0.29) is 0 Å². The standard InChI is InChI=1S/C16H16BrN3/c1-10-3-5-12(8-13(10)17)16-19-14-6-4-11(9-18)7-15(14)20(16)2/h3-8H,9,18H2,1-2H3. The minimum Gasteiger partial charge on any atom is -0.327 e. The van der Waals surface area contributed by atoms with Crippen LogP contribution in [-0.2, 0) is 13.6 Å². The van der Waals surface area contributed by atoms with Crippen molar-refractivity contribution >= 4 is 27.0 Å². The fourth-order valence-corrected chi connectivity index (χ4v) is 2.73. The molecule has 0 fully saturated rings. The quantitative estimate of drug-likeness (QED) is 0.777. The predicted octanol–water partition coefficient (Wildman–Crippen LogP) is 3.77. The maximum Gasteiger partial charge on any atom is 0.140 e. The van der Waals surface area contributed by atoms with Gasteiger partial charge < -0.3 is 10.3 Å². The van der Waals surface area contributed by atoms with Crippen LogP contribution in [0.4, 0.5) is 0 Å². The van der Waals surface area contributed by atoms with Crippen molar-refractivity contribution < 1.29 is 0 Å². The first kappa shape index (κ1) is 13.3. The molecule has 102 valence electrons. The second kappa shape index (κ2) is 5.04. The van der Waals surface area contributed by atoms with Gasteiger partial charge in [-0.05, 0) is 36.2 Å². The number of fused-ring (bicyclic) bond motifs is 1. The summed E-state index contributed by atoms with van der Waals surface area (Å²) in [5.74, 6) is 0.967. The summed E-state index contributed by atoms with van der Waals surface area (Å²) in [5.41, 5.74) is 11.3. The fraction of sp³-hybridized carbons (Fsp3) is 0.188. The molecule has 3 aromatic rings. The Labute approximate surface area is 126 Å². The van der Waals surface area contributed by atoms with Gasteiger partial charge in [0.15, 0.2) is 0 Å². The van der Waals surface area contributed by atoms with E-state index in [1.807, 2.05) is 19.2 Å². The zero-order chi connectivity index (χ0) is 14.3. The molecule has 0 bridgehead atoms. The van der Waals surface area contributed by atoms with Gasteiger partial charge in [-0.3, -0.25) is 0 Å². The third kappa shape index (κ3) is 2.15. The number of halogens is 1. The van der Waals surface area contributed by atoms with Crippen molar-refractivity contribution in [3.63, 3.8) is 0 Å². The average Bonchev–Trinajstić information content (AvgIpc) is 2.79. The highest BCUT2D eigenvalue weighted by Gasteiger charge is 2.11. The van der Waals surface area contributed by atoms with Crippen molar-refractivity contribution in [3.05, 3.63) is 52.0 Å². The van der Waals surface area contributed by atoms with Crippen LogP contribution in [0.5, 0.6) is 0 Å². The van der Waals surface area contributed by atoms with Crippen LogP contribution in [0.3, 0.4) is 0 Å². The van der Waals surface area contributed by atoms with Crippen LogP contribution >= 0.6 is 15.9 Å². The highest BCUT2D eigenvalue weighted by molar-refractivity contribution is 9.10. The van der Waals surface area contributed by atoms with Crippen LogP contribution in [0.1, 0.15) is 11.1 Å². The van der Waals surface area contributed by atoms with Crippen molar-refractivity contribution in [1.82, 2.24) is 9.55 Å². The molecular weight excluding hydrogens is 314 g/mol. The van der Waals surface area contributed by atoms with E-state index in [0.29, 0.717) is 6.54 Å². The van der Waals surface area contributed by atoms with E-state index in [1.54, 1.807) is 0 Å². The molecule has 1 heterocycles. The molecule has 0 saturated heterocycles. The molecule has 2 aromatic carbocycles. The molecule has 0 saturated carbocycles. The summed E-state index contributed by atoms with van der Waals surface area (Å²) in [5, 5.41) is 0. The zero-order valence-electron chi connectivity index (χ0n) is 11.5. The van der Waals surface area contributed by atoms with Crippen molar-refractivity contribution in [3.8, 4) is 11.4 Å². The Balaban J connectivity index is 2.21. The summed E-state index contributed by atoms with van der Waals surface area (Å²) < 4.78 is 3.22. The Hall–Kier alpha value is -1.65. The van der Waals surface area contributed by atoms with E-state index in [1.165, 1.54) is 5.56 Å². The molecule has 0 atom stereocenters. The molecule has 0 aliphatic rings. The minimum atomic E-state index is 0.548. The molecule has 0 aliphatic heterocycles. The van der Waals surface area contributed by atoms with Crippen molar-refractivity contribution in [2.24, 2.45) is 12.8 Å². The maximum atomic E-state index is 5.71. The lowest BCUT2D eigenvalue weighted by atomic mass is 10.1. The van der Waals surface area contributed by atoms with E-state index in [4.69, 9.17) is 10.7 Å². The first-order valence-electron chi connectivity index (χ1n) is 6.52. The van der Waals surface area contributed by atoms with E-state index in [2.05, 4.69) is 51.7 Å². The summed E-state index contributed by atoms with van der Waals surface area (Å²) in [7, 11) is 2.04. The van der Waals surface area contributed by atoms with Gasteiger partial charge in [0, 0.05) is 23.6 Å². The number of hydrogen-bond donors (Lipinski definition) is 1. The molecule has 0 amide bonds. The Morgan fingerprint density at radius 2 is 2.00 bits per heavy atom. The molecule has 0 aliphatic carbocycles. The molecule has 4 heteroatoms. The van der Waals surface area contributed by atoms with Gasteiger partial charge in [-0.25, -0.2) is 4.98 Å². The molecule has 0 radical (unpaired) electrons. The molecule has 1 aromatic heterocycles. The summed E-state index contributed by atoms with van der Waals surface area (Å²) in [4.78, 5) is 4.73. The molecule has 0 unspecified atom stereocenters. The molecule has 3 rings (SSSR count). The minimum absolute atomic E-state index is 0.548. The molecule has 3 nitrogen and oxygen atoms in total. The smallest absolute Gasteiger partial charge is 0.140 e. The molecule has 0 spiro atoms. The highest BCUT2D eigenvalue weighted by atomic mass is 79.9. The first-order chi connectivity index (χ1) is 9.60. The number of nitrogens with two attached hydrogens (primary N) is 1. The second-order valence-electron chi connectivity index (χ2n) is 4.99. The topological polar surface area (TPSA) is 43.8 Å². The monoisotopic (exact) mass is 329 g/mol. The molecule has 20 heavy (non-hydrogen) atoms. The maximum absolute atomic E-state index is 5.71. The Bertz CT molecular complexity index is 790. The van der Waals surface area contributed by atoms with Crippen LogP contribution in [0.25, 0.3) is 22.4 Å². The van der Waals surface area contributed by atoms with Gasteiger partial charge in [0.25, 0.3) is 0 Å². The SMILES string of the molecule is Cc1ccc(-c2nc3ccc(CN)cc3n2C)cc1Br. The Morgan fingerprint density at radius 1 is 1.20 bits per heavy atom. The number of nitrogens with zero attached hydrogens (tertiary/aromatic N) is 2. The summed E-state index contributed by atoms with van der Waals surface area (Å²) in [6, 6.07) is 12.5. The van der Waals surface area contributed by atoms with Crippen LogP contribution in [0.2, 0.25) is 0 Å². The largest absolute Gasteiger partial charge is 0.327 e. The van der Waals surface area contributed by atoms with Crippen LogP contribution in [0, 0.1) is 6.92 Å². The number of imidazole rings is 1. The molecular formula is C16H16BrN3. The summed E-state index contributed by atoms with van der Waals surface area (Å²) in [6.45, 7) is 2.63. The first-order valence-corrected chi connectivity index (χ1v) is 7.31. The Kier molecular flexibility index (Phi) is 3.36. The number of hydrogen-bond acceptors (Lipinski definition) is 2. The summed E-state index contributed by atoms with van der Waals surface area (Å²) >= 11 is 3.58. The highest BCUT2D eigenvalue weighted by Crippen LogP contribution is 2.27. The lowest BCUT2D eigenvalue weighted by Crippen LogP contribution is -1.97. The normalized spacial score (nSPS) is 11.2. The van der Waals surface area contributed by atoms with Gasteiger partial charge in [-0.15, -0.1) is 0 Å². The average molecular weight is 330 g/mol. The van der Waals surface area contributed by atoms with Gasteiger partial charge >= 0.3 is 0 Å². The van der Waals surface area contributed by atoms with Crippen molar-refractivity contribution in [1.29, 1.82) is 0 Å².